The number of carbonyl (C=O) groups excluding carboxylic acids is 1. The molecule has 0 saturated heterocycles. The van der Waals surface area contributed by atoms with Crippen LogP contribution in [0.25, 0.3) is 11.1 Å². The molecule has 0 fully saturated rings. The van der Waals surface area contributed by atoms with Crippen LogP contribution in [0.2, 0.25) is 0 Å². The van der Waals surface area contributed by atoms with Gasteiger partial charge in [0.05, 0.1) is 12.0 Å². The van der Waals surface area contributed by atoms with Crippen molar-refractivity contribution in [1.29, 1.82) is 0 Å². The fourth-order valence-corrected chi connectivity index (χ4v) is 1.90. The Labute approximate surface area is 125 Å². The van der Waals surface area contributed by atoms with Crippen molar-refractivity contribution in [2.24, 2.45) is 5.41 Å². The molecule has 0 aromatic heterocycles. The minimum atomic E-state index is -0.849. The first-order valence-corrected chi connectivity index (χ1v) is 7.07. The minimum absolute atomic E-state index is 0.218. The van der Waals surface area contributed by atoms with Gasteiger partial charge in [0, 0.05) is 0 Å². The van der Waals surface area contributed by atoms with Crippen molar-refractivity contribution in [3.05, 3.63) is 54.6 Å². The lowest BCUT2D eigenvalue weighted by atomic mass is 9.89. The Morgan fingerprint density at radius 3 is 2.14 bits per heavy atom. The summed E-state index contributed by atoms with van der Waals surface area (Å²) < 4.78 is 5.35. The van der Waals surface area contributed by atoms with E-state index in [0.717, 1.165) is 11.1 Å². The molecule has 3 nitrogen and oxygen atoms in total. The van der Waals surface area contributed by atoms with E-state index >= 15 is 0 Å². The van der Waals surface area contributed by atoms with Crippen LogP contribution >= 0.6 is 0 Å². The van der Waals surface area contributed by atoms with Crippen molar-refractivity contribution in [2.75, 3.05) is 6.61 Å². The van der Waals surface area contributed by atoms with Crippen molar-refractivity contribution in [1.82, 2.24) is 0 Å². The van der Waals surface area contributed by atoms with E-state index in [1.165, 1.54) is 0 Å². The summed E-state index contributed by atoms with van der Waals surface area (Å²) in [7, 11) is 0. The number of aliphatic hydroxyl groups excluding tert-OH is 1. The molecule has 0 amide bonds. The zero-order valence-electron chi connectivity index (χ0n) is 12.4. The summed E-state index contributed by atoms with van der Waals surface area (Å²) in [4.78, 5) is 12.1. The molecular formula is C18H20O3. The van der Waals surface area contributed by atoms with Crippen LogP contribution in [0.3, 0.4) is 0 Å². The Morgan fingerprint density at radius 2 is 1.62 bits per heavy atom. The lowest BCUT2D eigenvalue weighted by Crippen LogP contribution is -2.34. The van der Waals surface area contributed by atoms with Crippen LogP contribution in [0.5, 0.6) is 5.75 Å². The number of hydrogen-bond donors (Lipinski definition) is 1. The molecule has 2 aromatic rings. The Morgan fingerprint density at radius 1 is 1.05 bits per heavy atom. The molecule has 2 aromatic carbocycles. The number of aliphatic hydroxyl groups is 1. The smallest absolute Gasteiger partial charge is 0.319 e. The van der Waals surface area contributed by atoms with Crippen molar-refractivity contribution in [3.63, 3.8) is 0 Å². The Balaban J connectivity index is 2.12. The van der Waals surface area contributed by atoms with Crippen LogP contribution in [-0.2, 0) is 4.79 Å². The standard InChI is InChI=1S/C18H20O3/c1-3-18(2,13-19)17(20)21-16-11-9-15(10-12-16)14-7-5-4-6-8-14/h4-12,19H,3,13H2,1-2H3. The van der Waals surface area contributed by atoms with Gasteiger partial charge in [-0.15, -0.1) is 0 Å². The van der Waals surface area contributed by atoms with Crippen molar-refractivity contribution in [3.8, 4) is 16.9 Å². The topological polar surface area (TPSA) is 46.5 Å². The predicted octanol–water partition coefficient (Wildman–Crippen LogP) is 3.67. The number of rotatable bonds is 5. The Bertz CT molecular complexity index is 584. The molecule has 0 bridgehead atoms. The molecule has 0 spiro atoms. The normalized spacial score (nSPS) is 13.5. The molecule has 3 heteroatoms. The van der Waals surface area contributed by atoms with Gasteiger partial charge in [0.15, 0.2) is 0 Å². The molecule has 0 aliphatic rings. The maximum Gasteiger partial charge on any atom is 0.319 e. The average Bonchev–Trinajstić information content (AvgIpc) is 2.55. The van der Waals surface area contributed by atoms with Crippen molar-refractivity contribution < 1.29 is 14.6 Å². The molecule has 2 rings (SSSR count). The van der Waals surface area contributed by atoms with Gasteiger partial charge in [0.1, 0.15) is 5.75 Å². The molecule has 0 radical (unpaired) electrons. The van der Waals surface area contributed by atoms with Gasteiger partial charge in [-0.1, -0.05) is 49.4 Å². The summed E-state index contributed by atoms with van der Waals surface area (Å²) in [5.74, 6) is 0.0905. The van der Waals surface area contributed by atoms with Crippen molar-refractivity contribution >= 4 is 5.97 Å². The lowest BCUT2D eigenvalue weighted by molar-refractivity contribution is -0.147. The maximum atomic E-state index is 12.1. The molecule has 110 valence electrons. The molecule has 1 atom stereocenters. The molecule has 1 unspecified atom stereocenters. The average molecular weight is 284 g/mol. The van der Waals surface area contributed by atoms with Gasteiger partial charge in [0.2, 0.25) is 0 Å². The van der Waals surface area contributed by atoms with Crippen LogP contribution in [0.15, 0.2) is 54.6 Å². The fraction of sp³-hybridized carbons (Fsp3) is 0.278. The highest BCUT2D eigenvalue weighted by Gasteiger charge is 2.32. The number of benzene rings is 2. The van der Waals surface area contributed by atoms with E-state index < -0.39 is 11.4 Å². The van der Waals surface area contributed by atoms with Crippen LogP contribution in [0.4, 0.5) is 0 Å². The number of ether oxygens (including phenoxy) is 1. The first-order valence-electron chi connectivity index (χ1n) is 7.07. The molecule has 0 aliphatic heterocycles. The van der Waals surface area contributed by atoms with E-state index in [-0.39, 0.29) is 6.61 Å². The minimum Gasteiger partial charge on any atom is -0.426 e. The third-order valence-corrected chi connectivity index (χ3v) is 3.79. The predicted molar refractivity (Wildman–Crippen MR) is 83.0 cm³/mol. The highest BCUT2D eigenvalue weighted by Crippen LogP contribution is 2.26. The van der Waals surface area contributed by atoms with Crippen LogP contribution in [0, 0.1) is 5.41 Å². The van der Waals surface area contributed by atoms with E-state index in [9.17, 15) is 9.90 Å². The Hall–Kier alpha value is -2.13. The van der Waals surface area contributed by atoms with Crippen LogP contribution in [-0.4, -0.2) is 17.7 Å². The SMILES string of the molecule is CCC(C)(CO)C(=O)Oc1ccc(-c2ccccc2)cc1. The maximum absolute atomic E-state index is 12.1. The third-order valence-electron chi connectivity index (χ3n) is 3.79. The first-order chi connectivity index (χ1) is 10.1. The largest absolute Gasteiger partial charge is 0.426 e. The second kappa shape index (κ2) is 6.55. The van der Waals surface area contributed by atoms with E-state index in [4.69, 9.17) is 4.74 Å². The summed E-state index contributed by atoms with van der Waals surface area (Å²) in [6.45, 7) is 3.34. The van der Waals surface area contributed by atoms with Gasteiger partial charge in [-0.25, -0.2) is 0 Å². The quantitative estimate of drug-likeness (QED) is 0.673. The molecular weight excluding hydrogens is 264 g/mol. The van der Waals surface area contributed by atoms with E-state index in [1.807, 2.05) is 49.4 Å². The zero-order chi connectivity index (χ0) is 15.3. The molecule has 21 heavy (non-hydrogen) atoms. The Kier molecular flexibility index (Phi) is 4.76. The highest BCUT2D eigenvalue weighted by molar-refractivity contribution is 5.79. The van der Waals surface area contributed by atoms with Gasteiger partial charge in [-0.05, 0) is 36.6 Å². The number of esters is 1. The third kappa shape index (κ3) is 3.50. The summed E-state index contributed by atoms with van der Waals surface area (Å²) in [5, 5.41) is 9.33. The molecule has 1 N–H and O–H groups in total. The summed E-state index contributed by atoms with van der Waals surface area (Å²) in [5.41, 5.74) is 1.33. The fourth-order valence-electron chi connectivity index (χ4n) is 1.90. The number of hydrogen-bond acceptors (Lipinski definition) is 3. The molecule has 0 saturated carbocycles. The summed E-state index contributed by atoms with van der Waals surface area (Å²) >= 11 is 0. The molecule has 0 heterocycles. The zero-order valence-corrected chi connectivity index (χ0v) is 12.4. The van der Waals surface area contributed by atoms with E-state index in [2.05, 4.69) is 0 Å². The summed E-state index contributed by atoms with van der Waals surface area (Å²) in [6, 6.07) is 17.4. The van der Waals surface area contributed by atoms with E-state index in [0.29, 0.717) is 12.2 Å². The summed E-state index contributed by atoms with van der Waals surface area (Å²) in [6.07, 6.45) is 0.532. The lowest BCUT2D eigenvalue weighted by Gasteiger charge is -2.22. The molecule has 0 aliphatic carbocycles. The second-order valence-corrected chi connectivity index (χ2v) is 5.35. The van der Waals surface area contributed by atoms with Gasteiger partial charge in [-0.2, -0.15) is 0 Å². The first kappa shape index (κ1) is 15.3. The van der Waals surface area contributed by atoms with Gasteiger partial charge >= 0.3 is 5.97 Å². The van der Waals surface area contributed by atoms with Crippen LogP contribution in [0.1, 0.15) is 20.3 Å². The van der Waals surface area contributed by atoms with Gasteiger partial charge in [0.25, 0.3) is 0 Å². The van der Waals surface area contributed by atoms with Crippen molar-refractivity contribution in [2.45, 2.75) is 20.3 Å². The van der Waals surface area contributed by atoms with Gasteiger partial charge < -0.3 is 9.84 Å². The van der Waals surface area contributed by atoms with E-state index in [1.54, 1.807) is 19.1 Å². The number of carbonyl (C=O) groups is 1. The second-order valence-electron chi connectivity index (χ2n) is 5.35. The van der Waals surface area contributed by atoms with Crippen LogP contribution < -0.4 is 4.74 Å². The van der Waals surface area contributed by atoms with Gasteiger partial charge in [-0.3, -0.25) is 4.79 Å². The monoisotopic (exact) mass is 284 g/mol. The highest BCUT2D eigenvalue weighted by atomic mass is 16.5.